The van der Waals surface area contributed by atoms with Crippen molar-refractivity contribution in [3.05, 3.63) is 64.2 Å². The fourth-order valence-corrected chi connectivity index (χ4v) is 2.51. The molecule has 2 rings (SSSR count). The lowest BCUT2D eigenvalue weighted by molar-refractivity contribution is 0.415. The van der Waals surface area contributed by atoms with Crippen molar-refractivity contribution < 1.29 is 13.5 Å². The second kappa shape index (κ2) is 6.87. The molecule has 0 aliphatic carbocycles. The average molecular weight is 312 g/mol. The summed E-state index contributed by atoms with van der Waals surface area (Å²) in [5.41, 5.74) is 7.39. The molecule has 2 aromatic carbocycles. The molecule has 112 valence electrons. The van der Waals surface area contributed by atoms with Gasteiger partial charge in [-0.3, -0.25) is 0 Å². The summed E-state index contributed by atoms with van der Waals surface area (Å²) >= 11 is 6.08. The molecule has 0 radical (unpaired) electrons. The Morgan fingerprint density at radius 1 is 1.14 bits per heavy atom. The van der Waals surface area contributed by atoms with Crippen LogP contribution in [0.25, 0.3) is 0 Å². The van der Waals surface area contributed by atoms with Gasteiger partial charge in [0.15, 0.2) is 11.6 Å². The van der Waals surface area contributed by atoms with Crippen molar-refractivity contribution in [2.45, 2.75) is 12.3 Å². The molecule has 0 amide bonds. The first-order chi connectivity index (χ1) is 10.0. The topological polar surface area (TPSA) is 35.2 Å². The molecule has 2 nitrogen and oxygen atoms in total. The van der Waals surface area contributed by atoms with E-state index in [2.05, 4.69) is 0 Å². The van der Waals surface area contributed by atoms with E-state index in [4.69, 9.17) is 22.1 Å². The van der Waals surface area contributed by atoms with Crippen LogP contribution < -0.4 is 10.5 Å². The van der Waals surface area contributed by atoms with Crippen molar-refractivity contribution >= 4 is 11.6 Å². The quantitative estimate of drug-likeness (QED) is 0.908. The van der Waals surface area contributed by atoms with Gasteiger partial charge in [0.1, 0.15) is 5.75 Å². The largest absolute Gasteiger partial charge is 0.495 e. The molecular formula is C16H16ClF2NO. The monoisotopic (exact) mass is 311 g/mol. The number of hydrogen-bond donors (Lipinski definition) is 1. The number of nitrogens with two attached hydrogens (primary N) is 1. The van der Waals surface area contributed by atoms with E-state index >= 15 is 0 Å². The minimum Gasteiger partial charge on any atom is -0.495 e. The van der Waals surface area contributed by atoms with Crippen LogP contribution in [-0.2, 0) is 6.42 Å². The van der Waals surface area contributed by atoms with Crippen molar-refractivity contribution in [2.75, 3.05) is 13.7 Å². The van der Waals surface area contributed by atoms with Crippen LogP contribution in [0.1, 0.15) is 17.0 Å². The molecule has 2 N–H and O–H groups in total. The first-order valence-corrected chi connectivity index (χ1v) is 6.90. The van der Waals surface area contributed by atoms with Gasteiger partial charge in [-0.05, 0) is 48.4 Å². The number of halogens is 3. The Morgan fingerprint density at radius 2 is 1.90 bits per heavy atom. The predicted octanol–water partition coefficient (Wildman–Crippen LogP) is 3.91. The molecule has 0 aliphatic heterocycles. The maximum atomic E-state index is 13.3. The maximum absolute atomic E-state index is 13.3. The predicted molar refractivity (Wildman–Crippen MR) is 79.9 cm³/mol. The van der Waals surface area contributed by atoms with Gasteiger partial charge in [0.25, 0.3) is 0 Å². The third kappa shape index (κ3) is 3.71. The van der Waals surface area contributed by atoms with Gasteiger partial charge in [-0.25, -0.2) is 8.78 Å². The third-order valence-corrected chi connectivity index (χ3v) is 3.69. The second-order valence-corrected chi connectivity index (χ2v) is 5.19. The van der Waals surface area contributed by atoms with E-state index in [1.54, 1.807) is 25.3 Å². The lowest BCUT2D eigenvalue weighted by atomic mass is 9.92. The summed E-state index contributed by atoms with van der Waals surface area (Å²) in [4.78, 5) is 0. The van der Waals surface area contributed by atoms with Gasteiger partial charge in [-0.2, -0.15) is 0 Å². The van der Waals surface area contributed by atoms with Crippen molar-refractivity contribution in [3.63, 3.8) is 0 Å². The number of ether oxygens (including phenoxy) is 1. The zero-order chi connectivity index (χ0) is 15.4. The van der Waals surface area contributed by atoms with Crippen LogP contribution in [0, 0.1) is 11.6 Å². The highest BCUT2D eigenvalue weighted by molar-refractivity contribution is 6.32. The standard InChI is InChI=1S/C16H16ClF2NO/c1-21-16-5-2-10(7-13(16)17)6-12(9-20)11-3-4-14(18)15(19)8-11/h2-5,7-8,12H,6,9,20H2,1H3. The molecule has 0 aromatic heterocycles. The minimum atomic E-state index is -0.862. The fraction of sp³-hybridized carbons (Fsp3) is 0.250. The van der Waals surface area contributed by atoms with E-state index in [-0.39, 0.29) is 5.92 Å². The number of methoxy groups -OCH3 is 1. The fourth-order valence-electron chi connectivity index (χ4n) is 2.22. The van der Waals surface area contributed by atoms with Gasteiger partial charge in [0.2, 0.25) is 0 Å². The Bertz CT molecular complexity index is 634. The van der Waals surface area contributed by atoms with Gasteiger partial charge in [0.05, 0.1) is 12.1 Å². The highest BCUT2D eigenvalue weighted by Crippen LogP contribution is 2.28. The Morgan fingerprint density at radius 3 is 2.48 bits per heavy atom. The Labute approximate surface area is 127 Å². The molecular weight excluding hydrogens is 296 g/mol. The molecule has 1 atom stereocenters. The number of rotatable bonds is 5. The van der Waals surface area contributed by atoms with Crippen LogP contribution in [0.3, 0.4) is 0 Å². The molecule has 21 heavy (non-hydrogen) atoms. The van der Waals surface area contributed by atoms with E-state index in [1.165, 1.54) is 6.07 Å². The zero-order valence-electron chi connectivity index (χ0n) is 11.6. The van der Waals surface area contributed by atoms with Crippen molar-refractivity contribution in [1.82, 2.24) is 0 Å². The molecule has 0 aliphatic rings. The Balaban J connectivity index is 2.22. The van der Waals surface area contributed by atoms with Gasteiger partial charge in [0, 0.05) is 5.92 Å². The van der Waals surface area contributed by atoms with Gasteiger partial charge in [-0.15, -0.1) is 0 Å². The van der Waals surface area contributed by atoms with E-state index in [9.17, 15) is 8.78 Å². The molecule has 1 unspecified atom stereocenters. The van der Waals surface area contributed by atoms with Crippen LogP contribution >= 0.6 is 11.6 Å². The third-order valence-electron chi connectivity index (χ3n) is 3.40. The van der Waals surface area contributed by atoms with Crippen molar-refractivity contribution in [1.29, 1.82) is 0 Å². The molecule has 0 saturated carbocycles. The summed E-state index contributed by atoms with van der Waals surface area (Å²) in [7, 11) is 1.55. The van der Waals surface area contributed by atoms with E-state index in [0.29, 0.717) is 29.3 Å². The highest BCUT2D eigenvalue weighted by atomic mass is 35.5. The van der Waals surface area contributed by atoms with Crippen LogP contribution in [0.15, 0.2) is 36.4 Å². The Hall–Kier alpha value is -1.65. The molecule has 0 fully saturated rings. The molecule has 5 heteroatoms. The molecule has 2 aromatic rings. The van der Waals surface area contributed by atoms with Crippen LogP contribution in [0.4, 0.5) is 8.78 Å². The summed E-state index contributed by atoms with van der Waals surface area (Å²) in [6, 6.07) is 9.32. The summed E-state index contributed by atoms with van der Waals surface area (Å²) in [5.74, 6) is -1.23. The van der Waals surface area contributed by atoms with E-state index in [0.717, 1.165) is 11.6 Å². The highest BCUT2D eigenvalue weighted by Gasteiger charge is 2.14. The summed E-state index contributed by atoms with van der Waals surface area (Å²) in [6.07, 6.45) is 0.589. The second-order valence-electron chi connectivity index (χ2n) is 4.78. The molecule has 0 bridgehead atoms. The first-order valence-electron chi connectivity index (χ1n) is 6.52. The first kappa shape index (κ1) is 15.7. The molecule has 0 spiro atoms. The number of hydrogen-bond acceptors (Lipinski definition) is 2. The van der Waals surface area contributed by atoms with Crippen LogP contribution in [-0.4, -0.2) is 13.7 Å². The van der Waals surface area contributed by atoms with Crippen molar-refractivity contribution in [3.8, 4) is 5.75 Å². The zero-order valence-corrected chi connectivity index (χ0v) is 12.3. The lowest BCUT2D eigenvalue weighted by Gasteiger charge is -2.16. The minimum absolute atomic E-state index is 0.107. The van der Waals surface area contributed by atoms with Gasteiger partial charge in [-0.1, -0.05) is 23.7 Å². The summed E-state index contributed by atoms with van der Waals surface area (Å²) < 4.78 is 31.4. The van der Waals surface area contributed by atoms with Gasteiger partial charge < -0.3 is 10.5 Å². The van der Waals surface area contributed by atoms with E-state index in [1.807, 2.05) is 6.07 Å². The van der Waals surface area contributed by atoms with Gasteiger partial charge >= 0.3 is 0 Å². The Kier molecular flexibility index (Phi) is 5.15. The average Bonchev–Trinajstić information content (AvgIpc) is 2.48. The maximum Gasteiger partial charge on any atom is 0.159 e. The SMILES string of the molecule is COc1ccc(CC(CN)c2ccc(F)c(F)c2)cc1Cl. The lowest BCUT2D eigenvalue weighted by Crippen LogP contribution is -2.15. The van der Waals surface area contributed by atoms with Crippen LogP contribution in [0.5, 0.6) is 5.75 Å². The molecule has 0 heterocycles. The number of benzene rings is 2. The summed E-state index contributed by atoms with van der Waals surface area (Å²) in [6.45, 7) is 0.328. The van der Waals surface area contributed by atoms with Crippen LogP contribution in [0.2, 0.25) is 5.02 Å². The summed E-state index contributed by atoms with van der Waals surface area (Å²) in [5, 5.41) is 0.510. The smallest absolute Gasteiger partial charge is 0.159 e. The van der Waals surface area contributed by atoms with E-state index < -0.39 is 11.6 Å². The normalized spacial score (nSPS) is 12.2. The van der Waals surface area contributed by atoms with Crippen molar-refractivity contribution in [2.24, 2.45) is 5.73 Å². The molecule has 0 saturated heterocycles.